The van der Waals surface area contributed by atoms with Crippen LogP contribution in [0.2, 0.25) is 0 Å². The van der Waals surface area contributed by atoms with Gasteiger partial charge >= 0.3 is 11.9 Å². The Morgan fingerprint density at radius 1 is 0.413 bits per heavy atom. The molecule has 2 aromatic carbocycles. The second-order valence-corrected chi connectivity index (χ2v) is 18.1. The van der Waals surface area contributed by atoms with E-state index in [4.69, 9.17) is 18.9 Å². The summed E-state index contributed by atoms with van der Waals surface area (Å²) in [5.41, 5.74) is 0. The molecule has 6 nitrogen and oxygen atoms in total. The van der Waals surface area contributed by atoms with Crippen molar-refractivity contribution in [1.82, 2.24) is 0 Å². The van der Waals surface area contributed by atoms with Gasteiger partial charge in [-0.2, -0.15) is 0 Å². The first-order chi connectivity index (χ1) is 22.2. The molecule has 0 radical (unpaired) electrons. The Balaban J connectivity index is 1.31. The highest BCUT2D eigenvalue weighted by atomic mass is 127. The molecule has 258 valence electrons. The number of hydrogen-bond donors (Lipinski definition) is 0. The van der Waals surface area contributed by atoms with Gasteiger partial charge < -0.3 is 18.9 Å². The first-order valence-electron chi connectivity index (χ1n) is 16.0. The molecule has 0 bridgehead atoms. The van der Waals surface area contributed by atoms with Gasteiger partial charge in [0, 0.05) is 20.0 Å². The van der Waals surface area contributed by atoms with Crippen LogP contribution in [-0.2, 0) is 19.1 Å². The maximum Gasteiger partial charge on any atom is 0.305 e. The molecule has 0 fully saturated rings. The number of halogens is 6. The fourth-order valence-corrected chi connectivity index (χ4v) is 12.3. The highest BCUT2D eigenvalue weighted by Gasteiger charge is 2.09. The number of carbonyl (C=O) groups is 2. The van der Waals surface area contributed by atoms with Gasteiger partial charge in [-0.25, -0.2) is 0 Å². The molecule has 0 unspecified atom stereocenters. The standard InChI is InChI=1S/C34H44I6O6/c35-25-21-27(37)33(28(38)22-25)45-19-11-7-3-1-5-9-15-31(41)43-17-13-14-18-44-32(42)16-10-6-2-4-8-12-20-46-34-29(39)23-26(36)24-30(34)40/h21-24H,1-20H2. The summed E-state index contributed by atoms with van der Waals surface area (Å²) < 4.78 is 29.8. The Morgan fingerprint density at radius 2 is 0.696 bits per heavy atom. The zero-order chi connectivity index (χ0) is 33.6. The molecule has 0 saturated carbocycles. The number of rotatable bonds is 25. The Kier molecular flexibility index (Phi) is 25.6. The zero-order valence-corrected chi connectivity index (χ0v) is 39.1. The first kappa shape index (κ1) is 43.5. The molecule has 0 heterocycles. The van der Waals surface area contributed by atoms with Gasteiger partial charge in [0.15, 0.2) is 0 Å². The molecular formula is C34H44I6O6. The van der Waals surface area contributed by atoms with Crippen molar-refractivity contribution in [3.8, 4) is 11.5 Å². The predicted octanol–water partition coefficient (Wildman–Crippen LogP) is 12.1. The Morgan fingerprint density at radius 3 is 1.04 bits per heavy atom. The molecule has 0 saturated heterocycles. The normalized spacial score (nSPS) is 11.0. The minimum Gasteiger partial charge on any atom is -0.491 e. The van der Waals surface area contributed by atoms with Crippen LogP contribution in [0.3, 0.4) is 0 Å². The van der Waals surface area contributed by atoms with Gasteiger partial charge in [-0.15, -0.1) is 0 Å². The van der Waals surface area contributed by atoms with E-state index in [2.05, 4.69) is 160 Å². The molecular weight excluding hydrogens is 1270 g/mol. The molecule has 0 aliphatic carbocycles. The molecule has 0 spiro atoms. The number of ether oxygens (including phenoxy) is 4. The topological polar surface area (TPSA) is 71.1 Å². The van der Waals surface area contributed by atoms with Gasteiger partial charge in [0.1, 0.15) is 11.5 Å². The van der Waals surface area contributed by atoms with E-state index < -0.39 is 0 Å². The van der Waals surface area contributed by atoms with E-state index in [0.717, 1.165) is 116 Å². The minimum atomic E-state index is -0.129. The van der Waals surface area contributed by atoms with Gasteiger partial charge in [0.2, 0.25) is 0 Å². The van der Waals surface area contributed by atoms with Crippen molar-refractivity contribution in [2.75, 3.05) is 26.4 Å². The van der Waals surface area contributed by atoms with Crippen LogP contribution in [0, 0.1) is 21.4 Å². The van der Waals surface area contributed by atoms with Crippen molar-refractivity contribution in [2.24, 2.45) is 0 Å². The van der Waals surface area contributed by atoms with E-state index in [1.165, 1.54) is 7.14 Å². The number of hydrogen-bond acceptors (Lipinski definition) is 6. The lowest BCUT2D eigenvalue weighted by Crippen LogP contribution is -2.08. The van der Waals surface area contributed by atoms with Gasteiger partial charge in [0.25, 0.3) is 0 Å². The number of unbranched alkanes of at least 4 members (excludes halogenated alkanes) is 11. The molecule has 12 heteroatoms. The Labute approximate surface area is 357 Å². The van der Waals surface area contributed by atoms with E-state index >= 15 is 0 Å². The molecule has 0 N–H and O–H groups in total. The summed E-state index contributed by atoms with van der Waals surface area (Å²) in [6.07, 6.45) is 15.1. The lowest BCUT2D eigenvalue weighted by molar-refractivity contribution is -0.146. The van der Waals surface area contributed by atoms with Crippen molar-refractivity contribution < 1.29 is 28.5 Å². The highest BCUT2D eigenvalue weighted by molar-refractivity contribution is 14.1. The predicted molar refractivity (Wildman–Crippen MR) is 236 cm³/mol. The smallest absolute Gasteiger partial charge is 0.305 e. The van der Waals surface area contributed by atoms with Crippen LogP contribution in [0.25, 0.3) is 0 Å². The van der Waals surface area contributed by atoms with Crippen molar-refractivity contribution in [3.63, 3.8) is 0 Å². The monoisotopic (exact) mass is 1310 g/mol. The third-order valence-corrected chi connectivity index (χ3v) is 11.5. The third-order valence-electron chi connectivity index (χ3n) is 7.03. The highest BCUT2D eigenvalue weighted by Crippen LogP contribution is 2.31. The van der Waals surface area contributed by atoms with E-state index in [1.807, 2.05) is 0 Å². The van der Waals surface area contributed by atoms with Crippen molar-refractivity contribution >= 4 is 147 Å². The summed E-state index contributed by atoms with van der Waals surface area (Å²) in [4.78, 5) is 23.9. The van der Waals surface area contributed by atoms with Gasteiger partial charge in [-0.05, 0) is 198 Å². The van der Waals surface area contributed by atoms with Gasteiger partial charge in [-0.1, -0.05) is 51.4 Å². The average molecular weight is 1310 g/mol. The van der Waals surface area contributed by atoms with Crippen LogP contribution < -0.4 is 9.47 Å². The quantitative estimate of drug-likeness (QED) is 0.0560. The summed E-state index contributed by atoms with van der Waals surface area (Å²) in [7, 11) is 0. The summed E-state index contributed by atoms with van der Waals surface area (Å²) in [6.45, 7) is 2.26. The fourth-order valence-electron chi connectivity index (χ4n) is 4.56. The molecule has 2 aromatic rings. The van der Waals surface area contributed by atoms with E-state index in [-0.39, 0.29) is 11.9 Å². The molecule has 2 rings (SSSR count). The largest absolute Gasteiger partial charge is 0.491 e. The molecule has 46 heavy (non-hydrogen) atoms. The van der Waals surface area contributed by atoms with E-state index in [1.54, 1.807) is 0 Å². The van der Waals surface area contributed by atoms with Gasteiger partial charge in [0.05, 0.1) is 40.7 Å². The summed E-state index contributed by atoms with van der Waals surface area (Å²) in [6, 6.07) is 8.55. The molecule has 0 aliphatic heterocycles. The second kappa shape index (κ2) is 27.1. The second-order valence-electron chi connectivity index (χ2n) is 11.0. The van der Waals surface area contributed by atoms with Crippen molar-refractivity contribution in [1.29, 1.82) is 0 Å². The first-order valence-corrected chi connectivity index (χ1v) is 22.5. The van der Waals surface area contributed by atoms with Crippen molar-refractivity contribution in [2.45, 2.75) is 103 Å². The van der Waals surface area contributed by atoms with Crippen LogP contribution in [0.4, 0.5) is 0 Å². The lowest BCUT2D eigenvalue weighted by atomic mass is 10.1. The molecule has 0 atom stereocenters. The van der Waals surface area contributed by atoms with Crippen LogP contribution >= 0.6 is 136 Å². The maximum atomic E-state index is 12.0. The lowest BCUT2D eigenvalue weighted by Gasteiger charge is -2.11. The maximum absolute atomic E-state index is 12.0. The van der Waals surface area contributed by atoms with Crippen LogP contribution in [0.5, 0.6) is 11.5 Å². The molecule has 0 amide bonds. The fraction of sp³-hybridized carbons (Fsp3) is 0.588. The summed E-state index contributed by atoms with van der Waals surface area (Å²) in [5, 5.41) is 0. The Bertz CT molecular complexity index is 1060. The van der Waals surface area contributed by atoms with E-state index in [0.29, 0.717) is 38.9 Å². The summed E-state index contributed by atoms with van der Waals surface area (Å²) >= 11 is 14.0. The number of carbonyl (C=O) groups excluding carboxylic acids is 2. The average Bonchev–Trinajstić information content (AvgIpc) is 2.99. The van der Waals surface area contributed by atoms with Gasteiger partial charge in [-0.3, -0.25) is 9.59 Å². The van der Waals surface area contributed by atoms with Crippen LogP contribution in [-0.4, -0.2) is 38.4 Å². The van der Waals surface area contributed by atoms with Crippen molar-refractivity contribution in [3.05, 3.63) is 45.7 Å². The third kappa shape index (κ3) is 20.3. The summed E-state index contributed by atoms with van der Waals surface area (Å²) in [5.74, 6) is 1.73. The SMILES string of the molecule is O=C(CCCCCCCCOc1c(I)cc(I)cc1I)OCCCCOC(=O)CCCCCCCCOc1c(I)cc(I)cc1I. The number of esters is 2. The molecule has 0 aliphatic rings. The van der Waals surface area contributed by atoms with Crippen LogP contribution in [0.15, 0.2) is 24.3 Å². The minimum absolute atomic E-state index is 0.129. The Hall–Kier alpha value is 1.36. The van der Waals surface area contributed by atoms with Crippen LogP contribution in [0.1, 0.15) is 103 Å². The van der Waals surface area contributed by atoms with E-state index in [9.17, 15) is 9.59 Å². The number of benzene rings is 2. The molecule has 0 aromatic heterocycles. The zero-order valence-electron chi connectivity index (χ0n) is 26.2.